The zero-order chi connectivity index (χ0) is 20.1. The van der Waals surface area contributed by atoms with Gasteiger partial charge >= 0.3 is 0 Å². The van der Waals surface area contributed by atoms with Crippen LogP contribution in [-0.4, -0.2) is 22.4 Å². The molecule has 0 radical (unpaired) electrons. The molecule has 0 aliphatic heterocycles. The lowest BCUT2D eigenvalue weighted by Crippen LogP contribution is -2.26. The van der Waals surface area contributed by atoms with Crippen molar-refractivity contribution >= 4 is 22.5 Å². The first-order chi connectivity index (χ1) is 13.5. The molecule has 0 saturated heterocycles. The highest BCUT2D eigenvalue weighted by molar-refractivity contribution is 5.88. The maximum Gasteiger partial charge on any atom is 0.269 e. The quantitative estimate of drug-likeness (QED) is 0.440. The molecule has 3 aromatic rings. The topological polar surface area (TPSA) is 88.0 Å². The first-order valence-electron chi connectivity index (χ1n) is 9.65. The summed E-state index contributed by atoms with van der Waals surface area (Å²) in [6.07, 6.45) is 3.93. The minimum atomic E-state index is -0.401. The molecule has 28 heavy (non-hydrogen) atoms. The fraction of sp³-hybridized carbons (Fsp3) is 0.318. The van der Waals surface area contributed by atoms with Gasteiger partial charge in [-0.2, -0.15) is 0 Å². The van der Waals surface area contributed by atoms with E-state index in [0.717, 1.165) is 34.9 Å². The molecule has 1 aromatic heterocycles. The van der Waals surface area contributed by atoms with Crippen LogP contribution in [0.4, 0.5) is 5.69 Å². The molecule has 2 N–H and O–H groups in total. The van der Waals surface area contributed by atoms with Crippen LogP contribution in [0, 0.1) is 10.1 Å². The summed E-state index contributed by atoms with van der Waals surface area (Å²) < 4.78 is 0. The Balaban J connectivity index is 2.08. The van der Waals surface area contributed by atoms with Crippen LogP contribution < -0.4 is 5.32 Å². The number of amides is 1. The van der Waals surface area contributed by atoms with Gasteiger partial charge in [0, 0.05) is 48.1 Å². The first-order valence-corrected chi connectivity index (χ1v) is 9.65. The van der Waals surface area contributed by atoms with E-state index in [-0.39, 0.29) is 23.9 Å². The molecule has 0 aliphatic rings. The molecular weight excluding hydrogens is 354 g/mol. The number of fused-ring (bicyclic) bond motifs is 1. The number of aryl methyl sites for hydroxylation is 1. The Hall–Kier alpha value is -3.15. The zero-order valence-electron chi connectivity index (χ0n) is 16.2. The Labute approximate surface area is 164 Å². The lowest BCUT2D eigenvalue weighted by molar-refractivity contribution is -0.384. The molecule has 1 atom stereocenters. The van der Waals surface area contributed by atoms with Gasteiger partial charge in [-0.15, -0.1) is 0 Å². The molecule has 3 rings (SSSR count). The van der Waals surface area contributed by atoms with E-state index in [1.54, 1.807) is 12.1 Å². The zero-order valence-corrected chi connectivity index (χ0v) is 16.2. The number of hydrogen-bond donors (Lipinski definition) is 2. The Morgan fingerprint density at radius 2 is 2.00 bits per heavy atom. The fourth-order valence-corrected chi connectivity index (χ4v) is 3.61. The number of nitrogens with zero attached hydrogens (tertiary/aromatic N) is 1. The van der Waals surface area contributed by atoms with Crippen molar-refractivity contribution in [2.24, 2.45) is 0 Å². The lowest BCUT2D eigenvalue weighted by Gasteiger charge is -2.17. The third-order valence-corrected chi connectivity index (χ3v) is 5.04. The normalized spacial score (nSPS) is 12.1. The number of carbonyl (C=O) groups excluding carboxylic acids is 1. The number of aromatic nitrogens is 1. The highest BCUT2D eigenvalue weighted by Gasteiger charge is 2.23. The number of benzene rings is 2. The molecule has 0 fully saturated rings. The summed E-state index contributed by atoms with van der Waals surface area (Å²) in [5.41, 5.74) is 4.05. The van der Waals surface area contributed by atoms with Gasteiger partial charge in [-0.3, -0.25) is 14.9 Å². The van der Waals surface area contributed by atoms with Crippen molar-refractivity contribution in [2.75, 3.05) is 6.54 Å². The van der Waals surface area contributed by atoms with Crippen LogP contribution >= 0.6 is 0 Å². The van der Waals surface area contributed by atoms with Gasteiger partial charge in [0.1, 0.15) is 0 Å². The molecule has 2 aromatic carbocycles. The largest absolute Gasteiger partial charge is 0.361 e. The molecule has 1 heterocycles. The van der Waals surface area contributed by atoms with Gasteiger partial charge in [0.2, 0.25) is 5.91 Å². The summed E-state index contributed by atoms with van der Waals surface area (Å²) in [4.78, 5) is 26.7. The summed E-state index contributed by atoms with van der Waals surface area (Å²) in [6.45, 7) is 4.73. The van der Waals surface area contributed by atoms with Crippen LogP contribution in [0.2, 0.25) is 0 Å². The maximum absolute atomic E-state index is 12.5. The molecule has 0 saturated carbocycles. The van der Waals surface area contributed by atoms with E-state index in [0.29, 0.717) is 6.54 Å². The van der Waals surface area contributed by atoms with Crippen molar-refractivity contribution in [3.05, 3.63) is 75.5 Å². The van der Waals surface area contributed by atoms with E-state index in [2.05, 4.69) is 23.3 Å². The van der Waals surface area contributed by atoms with E-state index < -0.39 is 4.92 Å². The molecule has 0 bridgehead atoms. The Bertz CT molecular complexity index is 994. The van der Waals surface area contributed by atoms with E-state index in [4.69, 9.17) is 0 Å². The van der Waals surface area contributed by atoms with Gasteiger partial charge in [-0.05, 0) is 29.5 Å². The molecule has 146 valence electrons. The highest BCUT2D eigenvalue weighted by Crippen LogP contribution is 2.35. The summed E-state index contributed by atoms with van der Waals surface area (Å²) in [6, 6.07) is 12.7. The molecular formula is C22H25N3O3. The number of para-hydroxylation sites is 1. The van der Waals surface area contributed by atoms with Crippen molar-refractivity contribution in [3.63, 3.8) is 0 Å². The maximum atomic E-state index is 12.5. The van der Waals surface area contributed by atoms with Gasteiger partial charge in [-0.1, -0.05) is 44.2 Å². The number of nitrogens with one attached hydrogen (secondary N) is 2. The first kappa shape index (κ1) is 19.6. The van der Waals surface area contributed by atoms with E-state index in [1.807, 2.05) is 31.3 Å². The third kappa shape index (κ3) is 4.06. The molecule has 6 nitrogen and oxygen atoms in total. The van der Waals surface area contributed by atoms with Gasteiger partial charge in [0.05, 0.1) is 4.92 Å². The minimum absolute atomic E-state index is 0.0329. The van der Waals surface area contributed by atoms with Crippen molar-refractivity contribution in [1.82, 2.24) is 10.3 Å². The standard InChI is InChI=1S/C22H25N3O3/c1-3-11-23-21(26)13-19(16-8-5-9-17(12-16)25(27)28)20-14-24-22-15(4-2)7-6-10-18(20)22/h5-10,12,14,19,24H,3-4,11,13H2,1-2H3,(H,23,26). The average Bonchev–Trinajstić information content (AvgIpc) is 3.14. The van der Waals surface area contributed by atoms with Gasteiger partial charge in [0.25, 0.3) is 5.69 Å². The van der Waals surface area contributed by atoms with Crippen molar-refractivity contribution < 1.29 is 9.72 Å². The van der Waals surface area contributed by atoms with Crippen LogP contribution in [0.15, 0.2) is 48.7 Å². The number of aromatic amines is 1. The summed E-state index contributed by atoms with van der Waals surface area (Å²) in [5, 5.41) is 15.2. The van der Waals surface area contributed by atoms with Crippen LogP contribution in [0.3, 0.4) is 0 Å². The summed E-state index contributed by atoms with van der Waals surface area (Å²) in [5.74, 6) is -0.322. The van der Waals surface area contributed by atoms with Crippen molar-refractivity contribution in [1.29, 1.82) is 0 Å². The number of H-pyrrole nitrogens is 1. The highest BCUT2D eigenvalue weighted by atomic mass is 16.6. The molecule has 1 unspecified atom stereocenters. The average molecular weight is 379 g/mol. The second-order valence-electron chi connectivity index (χ2n) is 6.90. The second kappa shape index (κ2) is 8.69. The minimum Gasteiger partial charge on any atom is -0.361 e. The van der Waals surface area contributed by atoms with E-state index in [9.17, 15) is 14.9 Å². The van der Waals surface area contributed by atoms with Crippen molar-refractivity contribution in [2.45, 2.75) is 39.0 Å². The fourth-order valence-electron chi connectivity index (χ4n) is 3.61. The van der Waals surface area contributed by atoms with Gasteiger partial charge in [0.15, 0.2) is 0 Å². The number of hydrogen-bond acceptors (Lipinski definition) is 3. The number of rotatable bonds is 8. The SMILES string of the molecule is CCCNC(=O)CC(c1cccc([N+](=O)[O-])c1)c1c[nH]c2c(CC)cccc12. The van der Waals surface area contributed by atoms with Crippen molar-refractivity contribution in [3.8, 4) is 0 Å². The van der Waals surface area contributed by atoms with Gasteiger partial charge < -0.3 is 10.3 Å². The van der Waals surface area contributed by atoms with E-state index >= 15 is 0 Å². The second-order valence-corrected chi connectivity index (χ2v) is 6.90. The third-order valence-electron chi connectivity index (χ3n) is 5.04. The number of carbonyl (C=O) groups is 1. The van der Waals surface area contributed by atoms with Crippen LogP contribution in [0.1, 0.15) is 49.3 Å². The van der Waals surface area contributed by atoms with E-state index in [1.165, 1.54) is 11.6 Å². The predicted octanol–water partition coefficient (Wildman–Crippen LogP) is 4.69. The van der Waals surface area contributed by atoms with Gasteiger partial charge in [-0.25, -0.2) is 0 Å². The number of non-ortho nitro benzene ring substituents is 1. The Morgan fingerprint density at radius 3 is 2.71 bits per heavy atom. The monoisotopic (exact) mass is 379 g/mol. The molecule has 1 amide bonds. The lowest BCUT2D eigenvalue weighted by atomic mass is 9.87. The Kier molecular flexibility index (Phi) is 6.09. The smallest absolute Gasteiger partial charge is 0.269 e. The van der Waals surface area contributed by atoms with Crippen LogP contribution in [-0.2, 0) is 11.2 Å². The molecule has 6 heteroatoms. The summed E-state index contributed by atoms with van der Waals surface area (Å²) in [7, 11) is 0. The number of nitro benzene ring substituents is 1. The molecule has 0 spiro atoms. The number of nitro groups is 1. The van der Waals surface area contributed by atoms with Crippen LogP contribution in [0.25, 0.3) is 10.9 Å². The van der Waals surface area contributed by atoms with Crippen LogP contribution in [0.5, 0.6) is 0 Å². The summed E-state index contributed by atoms with van der Waals surface area (Å²) >= 11 is 0. The molecule has 0 aliphatic carbocycles. The Morgan fingerprint density at radius 1 is 1.21 bits per heavy atom. The predicted molar refractivity (Wildman–Crippen MR) is 111 cm³/mol.